The Labute approximate surface area is 97.8 Å². The minimum Gasteiger partial charge on any atom is -0.396 e. The lowest BCUT2D eigenvalue weighted by Crippen LogP contribution is -2.42. The van der Waals surface area contributed by atoms with Crippen LogP contribution in [0.15, 0.2) is 0 Å². The number of hydrogen-bond donors (Lipinski definition) is 1. The van der Waals surface area contributed by atoms with Gasteiger partial charge >= 0.3 is 0 Å². The summed E-state index contributed by atoms with van der Waals surface area (Å²) in [6, 6.07) is 2.58. The Hall–Kier alpha value is -0.630. The summed E-state index contributed by atoms with van der Waals surface area (Å²) >= 11 is 0. The standard InChI is InChI=1S/C12H22N2O2/c1-11(3-6-13)14-7-4-12(5-8-14)16-10-2-9-15/h11-12,15H,2-5,7-10H2,1H3. The summed E-state index contributed by atoms with van der Waals surface area (Å²) in [4.78, 5) is 2.36. The molecule has 0 spiro atoms. The van der Waals surface area contributed by atoms with E-state index in [0.29, 0.717) is 25.2 Å². The number of aliphatic hydroxyl groups is 1. The summed E-state index contributed by atoms with van der Waals surface area (Å²) in [5.41, 5.74) is 0. The van der Waals surface area contributed by atoms with Crippen LogP contribution in [0.3, 0.4) is 0 Å². The minimum atomic E-state index is 0.206. The summed E-state index contributed by atoms with van der Waals surface area (Å²) in [7, 11) is 0. The van der Waals surface area contributed by atoms with Crippen molar-refractivity contribution in [3.05, 3.63) is 0 Å². The maximum absolute atomic E-state index is 8.65. The molecule has 1 N–H and O–H groups in total. The fourth-order valence-corrected chi connectivity index (χ4v) is 2.06. The van der Waals surface area contributed by atoms with Crippen LogP contribution in [0, 0.1) is 11.3 Å². The first kappa shape index (κ1) is 13.4. The topological polar surface area (TPSA) is 56.5 Å². The average Bonchev–Trinajstić information content (AvgIpc) is 2.30. The molecule has 16 heavy (non-hydrogen) atoms. The van der Waals surface area contributed by atoms with E-state index in [-0.39, 0.29) is 6.61 Å². The van der Waals surface area contributed by atoms with Crippen molar-refractivity contribution in [2.75, 3.05) is 26.3 Å². The molecule has 1 heterocycles. The van der Waals surface area contributed by atoms with Crippen LogP contribution in [0.5, 0.6) is 0 Å². The number of likely N-dealkylation sites (tertiary alicyclic amines) is 1. The normalized spacial score (nSPS) is 20.6. The number of piperidine rings is 1. The summed E-state index contributed by atoms with van der Waals surface area (Å²) in [5.74, 6) is 0. The minimum absolute atomic E-state index is 0.206. The third-order valence-corrected chi connectivity index (χ3v) is 3.14. The second kappa shape index (κ2) is 7.61. The fraction of sp³-hybridized carbons (Fsp3) is 0.917. The van der Waals surface area contributed by atoms with Crippen molar-refractivity contribution in [2.24, 2.45) is 0 Å². The first-order valence-electron chi connectivity index (χ1n) is 6.11. The van der Waals surface area contributed by atoms with Crippen molar-refractivity contribution in [1.82, 2.24) is 4.90 Å². The van der Waals surface area contributed by atoms with Gasteiger partial charge in [0.15, 0.2) is 0 Å². The third-order valence-electron chi connectivity index (χ3n) is 3.14. The Balaban J connectivity index is 2.16. The van der Waals surface area contributed by atoms with Gasteiger partial charge in [-0.15, -0.1) is 0 Å². The number of ether oxygens (including phenoxy) is 1. The van der Waals surface area contributed by atoms with Crippen molar-refractivity contribution in [3.8, 4) is 6.07 Å². The molecule has 1 saturated heterocycles. The number of nitrogens with zero attached hydrogens (tertiary/aromatic N) is 2. The van der Waals surface area contributed by atoms with E-state index < -0.39 is 0 Å². The Kier molecular flexibility index (Phi) is 6.39. The predicted molar refractivity (Wildman–Crippen MR) is 61.9 cm³/mol. The summed E-state index contributed by atoms with van der Waals surface area (Å²) < 4.78 is 5.66. The largest absolute Gasteiger partial charge is 0.396 e. The van der Waals surface area contributed by atoms with E-state index in [4.69, 9.17) is 15.1 Å². The second-order valence-electron chi connectivity index (χ2n) is 4.39. The van der Waals surface area contributed by atoms with E-state index in [9.17, 15) is 0 Å². The summed E-state index contributed by atoms with van der Waals surface area (Å²) in [6.45, 7) is 5.02. The van der Waals surface area contributed by atoms with Gasteiger partial charge < -0.3 is 9.84 Å². The highest BCUT2D eigenvalue weighted by Crippen LogP contribution is 2.17. The number of nitriles is 1. The molecule has 1 atom stereocenters. The molecular formula is C12H22N2O2. The van der Waals surface area contributed by atoms with Crippen LogP contribution < -0.4 is 0 Å². The summed E-state index contributed by atoms with van der Waals surface area (Å²) in [5, 5.41) is 17.3. The Morgan fingerprint density at radius 3 is 2.75 bits per heavy atom. The lowest BCUT2D eigenvalue weighted by molar-refractivity contribution is -0.00444. The van der Waals surface area contributed by atoms with Gasteiger partial charge in [0.05, 0.1) is 18.6 Å². The van der Waals surface area contributed by atoms with Crippen molar-refractivity contribution >= 4 is 0 Å². The zero-order chi connectivity index (χ0) is 11.8. The van der Waals surface area contributed by atoms with E-state index >= 15 is 0 Å². The highest BCUT2D eigenvalue weighted by atomic mass is 16.5. The van der Waals surface area contributed by atoms with Gasteiger partial charge in [-0.05, 0) is 26.2 Å². The number of hydrogen-bond acceptors (Lipinski definition) is 4. The molecule has 0 saturated carbocycles. The fourth-order valence-electron chi connectivity index (χ4n) is 2.06. The SMILES string of the molecule is CC(CC#N)N1CCC(OCCCO)CC1. The first-order chi connectivity index (χ1) is 7.77. The molecule has 0 aromatic heterocycles. The van der Waals surface area contributed by atoms with Crippen LogP contribution in [0.4, 0.5) is 0 Å². The lowest BCUT2D eigenvalue weighted by Gasteiger charge is -2.35. The van der Waals surface area contributed by atoms with E-state index in [1.165, 1.54) is 0 Å². The van der Waals surface area contributed by atoms with E-state index in [1.54, 1.807) is 0 Å². The lowest BCUT2D eigenvalue weighted by atomic mass is 10.0. The van der Waals surface area contributed by atoms with Crippen LogP contribution in [0.2, 0.25) is 0 Å². The molecule has 1 unspecified atom stereocenters. The highest BCUT2D eigenvalue weighted by Gasteiger charge is 2.22. The van der Waals surface area contributed by atoms with Crippen molar-refractivity contribution in [1.29, 1.82) is 5.26 Å². The van der Waals surface area contributed by atoms with Crippen molar-refractivity contribution < 1.29 is 9.84 Å². The van der Waals surface area contributed by atoms with Gasteiger partial charge in [-0.1, -0.05) is 0 Å². The molecule has 1 aliphatic rings. The number of aliphatic hydroxyl groups excluding tert-OH is 1. The van der Waals surface area contributed by atoms with Crippen LogP contribution in [0.25, 0.3) is 0 Å². The van der Waals surface area contributed by atoms with Gasteiger partial charge in [0, 0.05) is 32.3 Å². The van der Waals surface area contributed by atoms with Gasteiger partial charge in [-0.25, -0.2) is 0 Å². The molecule has 4 nitrogen and oxygen atoms in total. The molecule has 1 rings (SSSR count). The third kappa shape index (κ3) is 4.48. The first-order valence-corrected chi connectivity index (χ1v) is 6.11. The van der Waals surface area contributed by atoms with Gasteiger partial charge in [0.1, 0.15) is 0 Å². The molecule has 0 aromatic rings. The Bertz CT molecular complexity index is 220. The average molecular weight is 226 g/mol. The zero-order valence-electron chi connectivity index (χ0n) is 10.1. The smallest absolute Gasteiger partial charge is 0.0638 e. The highest BCUT2D eigenvalue weighted by molar-refractivity contribution is 4.83. The molecular weight excluding hydrogens is 204 g/mol. The maximum atomic E-state index is 8.65. The Morgan fingerprint density at radius 1 is 1.50 bits per heavy atom. The second-order valence-corrected chi connectivity index (χ2v) is 4.39. The molecule has 0 aliphatic carbocycles. The molecule has 0 bridgehead atoms. The van der Waals surface area contributed by atoms with Crippen LogP contribution in [-0.4, -0.2) is 48.5 Å². The molecule has 0 radical (unpaired) electrons. The number of rotatable bonds is 6. The molecule has 0 aromatic carbocycles. The monoisotopic (exact) mass is 226 g/mol. The van der Waals surface area contributed by atoms with Crippen LogP contribution in [0.1, 0.15) is 32.6 Å². The van der Waals surface area contributed by atoms with Gasteiger partial charge in [-0.3, -0.25) is 4.90 Å². The molecule has 92 valence electrons. The van der Waals surface area contributed by atoms with E-state index in [1.807, 2.05) is 0 Å². The maximum Gasteiger partial charge on any atom is 0.0638 e. The molecule has 0 amide bonds. The van der Waals surface area contributed by atoms with Gasteiger partial charge in [-0.2, -0.15) is 5.26 Å². The van der Waals surface area contributed by atoms with Crippen molar-refractivity contribution in [3.63, 3.8) is 0 Å². The van der Waals surface area contributed by atoms with E-state index in [2.05, 4.69) is 17.9 Å². The van der Waals surface area contributed by atoms with Gasteiger partial charge in [0.25, 0.3) is 0 Å². The molecule has 1 fully saturated rings. The summed E-state index contributed by atoms with van der Waals surface area (Å²) in [6.07, 6.45) is 3.76. The predicted octanol–water partition coefficient (Wildman–Crippen LogP) is 1.15. The van der Waals surface area contributed by atoms with Crippen LogP contribution >= 0.6 is 0 Å². The van der Waals surface area contributed by atoms with E-state index in [0.717, 1.165) is 32.4 Å². The molecule has 4 heteroatoms. The Morgan fingerprint density at radius 2 is 2.19 bits per heavy atom. The van der Waals surface area contributed by atoms with Gasteiger partial charge in [0.2, 0.25) is 0 Å². The molecule has 1 aliphatic heterocycles. The van der Waals surface area contributed by atoms with Crippen LogP contribution in [-0.2, 0) is 4.74 Å². The quantitative estimate of drug-likeness (QED) is 0.690. The zero-order valence-corrected chi connectivity index (χ0v) is 10.1. The van der Waals surface area contributed by atoms with Crippen molar-refractivity contribution in [2.45, 2.75) is 44.8 Å².